The Bertz CT molecular complexity index is 915. The van der Waals surface area contributed by atoms with Gasteiger partial charge < -0.3 is 10.5 Å². The largest absolute Gasteiger partial charge is 0.466 e. The molecule has 3 nitrogen and oxygen atoms in total. The van der Waals surface area contributed by atoms with Crippen molar-refractivity contribution in [1.82, 2.24) is 0 Å². The van der Waals surface area contributed by atoms with E-state index < -0.39 is 52.9 Å². The summed E-state index contributed by atoms with van der Waals surface area (Å²) in [6.07, 6.45) is -5.73. The van der Waals surface area contributed by atoms with Gasteiger partial charge >= 0.3 is 12.1 Å². The van der Waals surface area contributed by atoms with Gasteiger partial charge in [-0.3, -0.25) is 4.79 Å². The zero-order valence-corrected chi connectivity index (χ0v) is 16.5. The van der Waals surface area contributed by atoms with E-state index in [-0.39, 0.29) is 12.2 Å². The second-order valence-corrected chi connectivity index (χ2v) is 6.90. The maximum Gasteiger partial charge on any atom is 0.419 e. The Morgan fingerprint density at radius 3 is 2.10 bits per heavy atom. The third-order valence-electron chi connectivity index (χ3n) is 4.55. The van der Waals surface area contributed by atoms with Crippen molar-refractivity contribution < 1.29 is 31.5 Å². The minimum atomic E-state index is -5.07. The molecule has 0 saturated carbocycles. The molecule has 1 atom stereocenters. The van der Waals surface area contributed by atoms with Crippen molar-refractivity contribution in [2.24, 2.45) is 5.73 Å². The van der Waals surface area contributed by atoms with Gasteiger partial charge in [0.05, 0.1) is 18.6 Å². The lowest BCUT2D eigenvalue weighted by Gasteiger charge is -2.21. The highest BCUT2D eigenvalue weighted by molar-refractivity contribution is 5.75. The van der Waals surface area contributed by atoms with Crippen LogP contribution >= 0.6 is 0 Å². The van der Waals surface area contributed by atoms with E-state index in [1.54, 1.807) is 32.9 Å². The molecule has 2 N–H and O–H groups in total. The van der Waals surface area contributed by atoms with Crippen molar-refractivity contribution >= 4 is 5.97 Å². The predicted molar refractivity (Wildman–Crippen MR) is 99.2 cm³/mol. The summed E-state index contributed by atoms with van der Waals surface area (Å²) in [5.41, 5.74) is 4.85. The molecule has 8 heteroatoms. The normalized spacial score (nSPS) is 12.8. The molecule has 0 spiro atoms. The monoisotopic (exact) mass is 415 g/mol. The first-order chi connectivity index (χ1) is 13.4. The summed E-state index contributed by atoms with van der Waals surface area (Å²) in [5.74, 6) is -3.90. The van der Waals surface area contributed by atoms with E-state index >= 15 is 4.39 Å². The molecule has 0 unspecified atom stereocenters. The van der Waals surface area contributed by atoms with Gasteiger partial charge in [0, 0.05) is 17.2 Å². The van der Waals surface area contributed by atoms with Crippen LogP contribution in [0.3, 0.4) is 0 Å². The Hall–Kier alpha value is -2.48. The molecule has 0 aliphatic heterocycles. The molecule has 158 valence electrons. The summed E-state index contributed by atoms with van der Waals surface area (Å²) in [6, 6.07) is 2.20. The predicted octanol–water partition coefficient (Wildman–Crippen LogP) is 5.53. The van der Waals surface area contributed by atoms with Gasteiger partial charge in [-0.1, -0.05) is 17.7 Å². The molecule has 2 rings (SSSR count). The van der Waals surface area contributed by atoms with Crippen LogP contribution in [-0.2, 0) is 15.7 Å². The molecule has 0 amide bonds. The Labute approximate surface area is 165 Å². The molecule has 2 aromatic rings. The molecule has 0 saturated heterocycles. The summed E-state index contributed by atoms with van der Waals surface area (Å²) in [6.45, 7) is 6.59. The van der Waals surface area contributed by atoms with Gasteiger partial charge in [0.15, 0.2) is 0 Å². The average molecular weight is 415 g/mol. The smallest absolute Gasteiger partial charge is 0.419 e. The molecule has 0 fully saturated rings. The van der Waals surface area contributed by atoms with Crippen LogP contribution in [0, 0.1) is 32.4 Å². The fourth-order valence-corrected chi connectivity index (χ4v) is 3.48. The number of hydrogen-bond acceptors (Lipinski definition) is 3. The van der Waals surface area contributed by atoms with E-state index in [1.807, 2.05) is 0 Å². The first-order valence-electron chi connectivity index (χ1n) is 8.96. The standard InChI is InChI=1S/C21H22F5NO2/c1-5-29-16(28)9-15(27)18-19(22)13(8-14(20(18)23)21(24,25)26)17-11(3)6-10(2)7-12(17)4/h6-8,15H,5,9,27H2,1-4H3/t15-/m0/s1. The van der Waals surface area contributed by atoms with Gasteiger partial charge in [0.2, 0.25) is 0 Å². The van der Waals surface area contributed by atoms with Crippen molar-refractivity contribution in [3.05, 3.63) is 57.7 Å². The maximum absolute atomic E-state index is 15.3. The maximum atomic E-state index is 15.3. The minimum absolute atomic E-state index is 0.00607. The van der Waals surface area contributed by atoms with Crippen molar-refractivity contribution in [1.29, 1.82) is 0 Å². The summed E-state index contributed by atoms with van der Waals surface area (Å²) >= 11 is 0. The third kappa shape index (κ3) is 4.75. The van der Waals surface area contributed by atoms with E-state index in [9.17, 15) is 22.4 Å². The van der Waals surface area contributed by atoms with Crippen LogP contribution in [-0.4, -0.2) is 12.6 Å². The number of aryl methyl sites for hydroxylation is 3. The van der Waals surface area contributed by atoms with Crippen molar-refractivity contribution in [2.75, 3.05) is 6.61 Å². The number of halogens is 5. The average Bonchev–Trinajstić information content (AvgIpc) is 2.54. The van der Waals surface area contributed by atoms with Crippen LogP contribution in [0.15, 0.2) is 18.2 Å². The van der Waals surface area contributed by atoms with Crippen LogP contribution in [0.25, 0.3) is 11.1 Å². The second-order valence-electron chi connectivity index (χ2n) is 6.90. The molecule has 0 heterocycles. The fourth-order valence-electron chi connectivity index (χ4n) is 3.48. The number of esters is 1. The number of nitrogens with two attached hydrogens (primary N) is 1. The quantitative estimate of drug-likeness (QED) is 0.516. The van der Waals surface area contributed by atoms with Crippen LogP contribution in [0.1, 0.15) is 47.2 Å². The molecule has 29 heavy (non-hydrogen) atoms. The van der Waals surface area contributed by atoms with E-state index in [0.717, 1.165) is 5.56 Å². The van der Waals surface area contributed by atoms with Crippen LogP contribution in [0.4, 0.5) is 22.0 Å². The molecule has 0 aromatic heterocycles. The second kappa shape index (κ2) is 8.49. The highest BCUT2D eigenvalue weighted by atomic mass is 19.4. The number of carbonyl (C=O) groups is 1. The summed E-state index contributed by atoms with van der Waals surface area (Å²) in [4.78, 5) is 11.7. The van der Waals surface area contributed by atoms with Crippen LogP contribution in [0.5, 0.6) is 0 Å². The van der Waals surface area contributed by atoms with Gasteiger partial charge in [-0.05, 0) is 50.5 Å². The molecule has 0 bridgehead atoms. The Morgan fingerprint density at radius 1 is 1.07 bits per heavy atom. The van der Waals surface area contributed by atoms with E-state index in [0.29, 0.717) is 17.2 Å². The SMILES string of the molecule is CCOC(=O)C[C@H](N)c1c(F)c(-c2c(C)cc(C)cc2C)cc(C(F)(F)F)c1F. The lowest BCUT2D eigenvalue weighted by atomic mass is 9.88. The van der Waals surface area contributed by atoms with Gasteiger partial charge in [-0.25, -0.2) is 8.78 Å². The summed E-state index contributed by atoms with van der Waals surface area (Å²) in [5, 5.41) is 0. The Balaban J connectivity index is 2.79. The minimum Gasteiger partial charge on any atom is -0.466 e. The molecule has 2 aromatic carbocycles. The first kappa shape index (κ1) is 22.8. The van der Waals surface area contributed by atoms with Gasteiger partial charge in [-0.2, -0.15) is 13.2 Å². The molecular formula is C21H22F5NO2. The first-order valence-corrected chi connectivity index (χ1v) is 8.96. The van der Waals surface area contributed by atoms with Crippen LogP contribution < -0.4 is 5.73 Å². The van der Waals surface area contributed by atoms with Gasteiger partial charge in [0.25, 0.3) is 0 Å². The number of benzene rings is 2. The van der Waals surface area contributed by atoms with Gasteiger partial charge in [0.1, 0.15) is 11.6 Å². The van der Waals surface area contributed by atoms with E-state index in [1.165, 1.54) is 6.92 Å². The van der Waals surface area contributed by atoms with E-state index in [4.69, 9.17) is 10.5 Å². The molecule has 0 aliphatic rings. The zero-order valence-electron chi connectivity index (χ0n) is 16.5. The number of alkyl halides is 3. The fraction of sp³-hybridized carbons (Fsp3) is 0.381. The van der Waals surface area contributed by atoms with Crippen molar-refractivity contribution in [2.45, 2.75) is 46.3 Å². The zero-order chi connectivity index (χ0) is 22.1. The van der Waals surface area contributed by atoms with Crippen LogP contribution in [0.2, 0.25) is 0 Å². The number of hydrogen-bond donors (Lipinski definition) is 1. The molecule has 0 radical (unpaired) electrons. The Kier molecular flexibility index (Phi) is 6.67. The topological polar surface area (TPSA) is 52.3 Å². The van der Waals surface area contributed by atoms with E-state index in [2.05, 4.69) is 0 Å². The Morgan fingerprint density at radius 2 is 1.62 bits per heavy atom. The summed E-state index contributed by atoms with van der Waals surface area (Å²) in [7, 11) is 0. The van der Waals surface area contributed by atoms with Gasteiger partial charge in [-0.15, -0.1) is 0 Å². The highest BCUT2D eigenvalue weighted by Gasteiger charge is 2.39. The number of ether oxygens (including phenoxy) is 1. The highest BCUT2D eigenvalue weighted by Crippen LogP contribution is 2.41. The van der Waals surface area contributed by atoms with Crippen molar-refractivity contribution in [3.63, 3.8) is 0 Å². The molecule has 0 aliphatic carbocycles. The summed E-state index contributed by atoms with van der Waals surface area (Å²) < 4.78 is 75.1. The lowest BCUT2D eigenvalue weighted by molar-refractivity contribution is -0.143. The lowest BCUT2D eigenvalue weighted by Crippen LogP contribution is -2.22. The molecular weight excluding hydrogens is 393 g/mol. The third-order valence-corrected chi connectivity index (χ3v) is 4.55. The number of carbonyl (C=O) groups excluding carboxylic acids is 1. The number of rotatable bonds is 5. The van der Waals surface area contributed by atoms with Crippen molar-refractivity contribution in [3.8, 4) is 11.1 Å².